The number of nitrogens with one attached hydrogen (secondary N) is 1. The molecule has 2 atom stereocenters. The van der Waals surface area contributed by atoms with Gasteiger partial charge in [0.1, 0.15) is 0 Å². The summed E-state index contributed by atoms with van der Waals surface area (Å²) in [6.07, 6.45) is 4.38. The van der Waals surface area contributed by atoms with Gasteiger partial charge in [0.2, 0.25) is 5.91 Å². The highest BCUT2D eigenvalue weighted by atomic mass is 16.3. The molecular weight excluding hydrogens is 216 g/mol. The Kier molecular flexibility index (Phi) is 3.21. The summed E-state index contributed by atoms with van der Waals surface area (Å²) in [5.41, 5.74) is 5.25. The van der Waals surface area contributed by atoms with Crippen molar-refractivity contribution in [1.29, 1.82) is 0 Å². The topological polar surface area (TPSA) is 75.3 Å². The minimum Gasteiger partial charge on any atom is -0.392 e. The molecular formula is C13H24N2O2. The molecule has 4 heteroatoms. The van der Waals surface area contributed by atoms with Crippen LogP contribution in [0.5, 0.6) is 0 Å². The summed E-state index contributed by atoms with van der Waals surface area (Å²) in [7, 11) is 0. The van der Waals surface area contributed by atoms with Gasteiger partial charge in [-0.2, -0.15) is 0 Å². The number of carbonyl (C=O) groups is 1. The number of hydrogen-bond acceptors (Lipinski definition) is 3. The fourth-order valence-corrected chi connectivity index (χ4v) is 3.03. The van der Waals surface area contributed by atoms with Gasteiger partial charge in [-0.3, -0.25) is 4.79 Å². The molecule has 2 fully saturated rings. The van der Waals surface area contributed by atoms with Gasteiger partial charge in [0.15, 0.2) is 0 Å². The molecule has 2 saturated carbocycles. The third-order valence-corrected chi connectivity index (χ3v) is 4.95. The van der Waals surface area contributed by atoms with Crippen LogP contribution >= 0.6 is 0 Å². The van der Waals surface area contributed by atoms with Crippen LogP contribution in [-0.2, 0) is 4.79 Å². The molecule has 2 rings (SSSR count). The Labute approximate surface area is 103 Å². The molecule has 4 nitrogen and oxygen atoms in total. The summed E-state index contributed by atoms with van der Waals surface area (Å²) in [5.74, 6) is 0.0995. The maximum atomic E-state index is 12.3. The van der Waals surface area contributed by atoms with Crippen molar-refractivity contribution in [2.24, 2.45) is 16.6 Å². The summed E-state index contributed by atoms with van der Waals surface area (Å²) >= 11 is 0. The molecule has 0 aromatic heterocycles. The largest absolute Gasteiger partial charge is 0.392 e. The van der Waals surface area contributed by atoms with Crippen LogP contribution in [-0.4, -0.2) is 29.7 Å². The Balaban J connectivity index is 1.98. The molecule has 0 aromatic carbocycles. The number of hydrogen-bond donors (Lipinski definition) is 3. The van der Waals surface area contributed by atoms with E-state index in [9.17, 15) is 9.90 Å². The fourth-order valence-electron chi connectivity index (χ4n) is 3.03. The van der Waals surface area contributed by atoms with Gasteiger partial charge in [-0.15, -0.1) is 0 Å². The lowest BCUT2D eigenvalue weighted by atomic mass is 9.64. The van der Waals surface area contributed by atoms with E-state index in [2.05, 4.69) is 5.32 Å². The van der Waals surface area contributed by atoms with Gasteiger partial charge >= 0.3 is 0 Å². The molecule has 2 aliphatic carbocycles. The molecule has 0 heterocycles. The molecule has 2 aliphatic rings. The number of nitrogens with two attached hydrogens (primary N) is 1. The molecule has 0 saturated heterocycles. The average molecular weight is 240 g/mol. The smallest absolute Gasteiger partial charge is 0.227 e. The first-order valence-electron chi connectivity index (χ1n) is 6.61. The van der Waals surface area contributed by atoms with E-state index in [0.717, 1.165) is 25.7 Å². The maximum absolute atomic E-state index is 12.3. The Hall–Kier alpha value is -0.610. The molecule has 4 N–H and O–H groups in total. The highest BCUT2D eigenvalue weighted by molar-refractivity contribution is 5.83. The minimum atomic E-state index is -0.337. The zero-order valence-electron chi connectivity index (χ0n) is 10.8. The van der Waals surface area contributed by atoms with E-state index < -0.39 is 0 Å². The fraction of sp³-hybridized carbons (Fsp3) is 0.923. The van der Waals surface area contributed by atoms with Crippen molar-refractivity contribution in [2.45, 2.75) is 58.1 Å². The van der Waals surface area contributed by atoms with Gasteiger partial charge in [0.05, 0.1) is 11.5 Å². The van der Waals surface area contributed by atoms with Crippen molar-refractivity contribution < 1.29 is 9.90 Å². The van der Waals surface area contributed by atoms with Crippen molar-refractivity contribution in [3.05, 3.63) is 0 Å². The lowest BCUT2D eigenvalue weighted by Crippen LogP contribution is -2.63. The number of carbonyl (C=O) groups excluding carboxylic acids is 1. The predicted octanol–water partition coefficient (Wildman–Crippen LogP) is 0.781. The van der Waals surface area contributed by atoms with Crippen LogP contribution in [0.15, 0.2) is 0 Å². The van der Waals surface area contributed by atoms with Gasteiger partial charge < -0.3 is 16.2 Å². The van der Waals surface area contributed by atoms with E-state index in [0.29, 0.717) is 13.0 Å². The Morgan fingerprint density at radius 3 is 2.41 bits per heavy atom. The molecule has 0 aromatic rings. The van der Waals surface area contributed by atoms with Crippen molar-refractivity contribution >= 4 is 5.91 Å². The normalized spacial score (nSPS) is 34.1. The van der Waals surface area contributed by atoms with E-state index in [1.807, 2.05) is 13.8 Å². The molecule has 0 spiro atoms. The quantitative estimate of drug-likeness (QED) is 0.682. The van der Waals surface area contributed by atoms with Crippen LogP contribution in [0.2, 0.25) is 0 Å². The molecule has 0 aliphatic heterocycles. The van der Waals surface area contributed by atoms with Gasteiger partial charge in [-0.1, -0.05) is 26.7 Å². The van der Waals surface area contributed by atoms with E-state index in [1.165, 1.54) is 0 Å². The van der Waals surface area contributed by atoms with Crippen LogP contribution in [0, 0.1) is 10.8 Å². The Morgan fingerprint density at radius 2 is 2.00 bits per heavy atom. The third-order valence-electron chi connectivity index (χ3n) is 4.95. The van der Waals surface area contributed by atoms with Gasteiger partial charge in [0.25, 0.3) is 0 Å². The minimum absolute atomic E-state index is 0.0917. The molecule has 2 unspecified atom stereocenters. The molecule has 0 bridgehead atoms. The lowest BCUT2D eigenvalue weighted by molar-refractivity contribution is -0.138. The number of amides is 1. The average Bonchev–Trinajstić information content (AvgIpc) is 2.78. The molecule has 0 radical (unpaired) electrons. The maximum Gasteiger partial charge on any atom is 0.227 e. The summed E-state index contributed by atoms with van der Waals surface area (Å²) in [4.78, 5) is 12.3. The second-order valence-corrected chi connectivity index (χ2v) is 6.29. The highest BCUT2D eigenvalue weighted by Gasteiger charge is 2.50. The highest BCUT2D eigenvalue weighted by Crippen LogP contribution is 2.42. The van der Waals surface area contributed by atoms with E-state index >= 15 is 0 Å². The first kappa shape index (κ1) is 12.8. The van der Waals surface area contributed by atoms with E-state index in [-0.39, 0.29) is 28.9 Å². The van der Waals surface area contributed by atoms with Gasteiger partial charge in [-0.25, -0.2) is 0 Å². The summed E-state index contributed by atoms with van der Waals surface area (Å²) in [5, 5.41) is 12.8. The van der Waals surface area contributed by atoms with Crippen LogP contribution in [0.4, 0.5) is 0 Å². The van der Waals surface area contributed by atoms with E-state index in [4.69, 9.17) is 5.73 Å². The lowest BCUT2D eigenvalue weighted by Gasteiger charge is -2.50. The number of aliphatic hydroxyl groups excluding tert-OH is 1. The molecule has 17 heavy (non-hydrogen) atoms. The zero-order chi connectivity index (χ0) is 12.7. The van der Waals surface area contributed by atoms with Crippen molar-refractivity contribution in [3.63, 3.8) is 0 Å². The Morgan fingerprint density at radius 1 is 1.41 bits per heavy atom. The summed E-state index contributed by atoms with van der Waals surface area (Å²) < 4.78 is 0. The molecule has 1 amide bonds. The first-order valence-corrected chi connectivity index (χ1v) is 6.61. The number of aliphatic hydroxyl groups is 1. The van der Waals surface area contributed by atoms with Crippen molar-refractivity contribution in [1.82, 2.24) is 5.32 Å². The van der Waals surface area contributed by atoms with E-state index in [1.54, 1.807) is 0 Å². The first-order chi connectivity index (χ1) is 7.92. The second kappa shape index (κ2) is 4.25. The van der Waals surface area contributed by atoms with Crippen LogP contribution in [0.3, 0.4) is 0 Å². The second-order valence-electron chi connectivity index (χ2n) is 6.29. The SMILES string of the molecule is CC1(C)C(O)CC1NC(=O)C1(CN)CCCC1. The van der Waals surface area contributed by atoms with Crippen LogP contribution < -0.4 is 11.1 Å². The number of rotatable bonds is 3. The standard InChI is InChI=1S/C13H24N2O2/c1-12(2)9(7-10(12)16)15-11(17)13(8-14)5-3-4-6-13/h9-10,16H,3-8,14H2,1-2H3,(H,15,17). The Bertz CT molecular complexity index is 309. The van der Waals surface area contributed by atoms with Crippen LogP contribution in [0.25, 0.3) is 0 Å². The van der Waals surface area contributed by atoms with Gasteiger partial charge in [-0.05, 0) is 19.3 Å². The predicted molar refractivity (Wildman–Crippen MR) is 66.3 cm³/mol. The van der Waals surface area contributed by atoms with Crippen LogP contribution in [0.1, 0.15) is 46.0 Å². The molecule has 98 valence electrons. The zero-order valence-corrected chi connectivity index (χ0v) is 10.8. The van der Waals surface area contributed by atoms with Crippen molar-refractivity contribution in [3.8, 4) is 0 Å². The summed E-state index contributed by atoms with van der Waals surface area (Å²) in [6, 6.07) is 0.0917. The monoisotopic (exact) mass is 240 g/mol. The van der Waals surface area contributed by atoms with Crippen molar-refractivity contribution in [2.75, 3.05) is 6.54 Å². The third kappa shape index (κ3) is 1.97. The van der Waals surface area contributed by atoms with Gasteiger partial charge in [0, 0.05) is 18.0 Å². The summed E-state index contributed by atoms with van der Waals surface area (Å²) in [6.45, 7) is 4.43.